The fourth-order valence-corrected chi connectivity index (χ4v) is 2.87. The highest BCUT2D eigenvalue weighted by molar-refractivity contribution is 8.00. The zero-order valence-electron chi connectivity index (χ0n) is 13.2. The standard InChI is InChI=1S/C13H11ClF3N5O3S/c1-6(26-12-20-19-11(21(12)2)13(15,16)17)10(23)18-9-4-3-7(22(24)25)5-8(9)14/h3-6H,1-2H3,(H,18,23)/t6-/m1/s1. The molecule has 1 N–H and O–H groups in total. The van der Waals surface area contributed by atoms with Crippen molar-refractivity contribution >= 4 is 40.6 Å². The number of amides is 1. The third-order valence-corrected chi connectivity index (χ3v) is 4.61. The van der Waals surface area contributed by atoms with Crippen LogP contribution >= 0.6 is 23.4 Å². The Labute approximate surface area is 153 Å². The molecule has 2 aromatic rings. The van der Waals surface area contributed by atoms with E-state index in [-0.39, 0.29) is 21.6 Å². The van der Waals surface area contributed by atoms with Gasteiger partial charge in [0.1, 0.15) is 0 Å². The molecular weight excluding hydrogens is 399 g/mol. The number of nitro benzene ring substituents is 1. The van der Waals surface area contributed by atoms with E-state index < -0.39 is 28.1 Å². The molecule has 0 radical (unpaired) electrons. The fraction of sp³-hybridized carbons (Fsp3) is 0.308. The lowest BCUT2D eigenvalue weighted by Crippen LogP contribution is -2.23. The van der Waals surface area contributed by atoms with Crippen LogP contribution in [0.15, 0.2) is 23.4 Å². The minimum absolute atomic E-state index is 0.0391. The SMILES string of the molecule is C[C@@H](Sc1nnc(C(F)(F)F)n1C)C(=O)Nc1ccc([N+](=O)[O-])cc1Cl. The van der Waals surface area contributed by atoms with Gasteiger partial charge >= 0.3 is 6.18 Å². The number of nitro groups is 1. The lowest BCUT2D eigenvalue weighted by Gasteiger charge is -2.13. The van der Waals surface area contributed by atoms with E-state index in [1.54, 1.807) is 0 Å². The Bertz CT molecular complexity index is 858. The molecule has 2 rings (SSSR count). The summed E-state index contributed by atoms with van der Waals surface area (Å²) < 4.78 is 38.9. The molecular formula is C13H11ClF3N5O3S. The monoisotopic (exact) mass is 409 g/mol. The van der Waals surface area contributed by atoms with Crippen LogP contribution in [0.25, 0.3) is 0 Å². The van der Waals surface area contributed by atoms with Gasteiger partial charge in [-0.1, -0.05) is 23.4 Å². The first-order valence-electron chi connectivity index (χ1n) is 6.88. The maximum atomic E-state index is 12.7. The van der Waals surface area contributed by atoms with Gasteiger partial charge in [0.2, 0.25) is 11.7 Å². The predicted octanol–water partition coefficient (Wildman–Crippen LogP) is 3.51. The highest BCUT2D eigenvalue weighted by Gasteiger charge is 2.38. The maximum Gasteiger partial charge on any atom is 0.451 e. The molecule has 1 atom stereocenters. The van der Waals surface area contributed by atoms with Crippen LogP contribution in [0, 0.1) is 10.1 Å². The molecule has 140 valence electrons. The first kappa shape index (κ1) is 20.0. The summed E-state index contributed by atoms with van der Waals surface area (Å²) in [7, 11) is 1.14. The summed E-state index contributed by atoms with van der Waals surface area (Å²) in [5.41, 5.74) is -0.0992. The normalized spacial score (nSPS) is 12.7. The van der Waals surface area contributed by atoms with Crippen LogP contribution in [0.2, 0.25) is 5.02 Å². The average molecular weight is 410 g/mol. The Morgan fingerprint density at radius 2 is 2.08 bits per heavy atom. The van der Waals surface area contributed by atoms with Crippen LogP contribution in [0.1, 0.15) is 12.7 Å². The predicted molar refractivity (Wildman–Crippen MR) is 88.1 cm³/mol. The molecule has 0 fully saturated rings. The van der Waals surface area contributed by atoms with Crippen LogP contribution in [-0.4, -0.2) is 30.8 Å². The topological polar surface area (TPSA) is 103 Å². The number of carbonyl (C=O) groups is 1. The van der Waals surface area contributed by atoms with Gasteiger partial charge in [-0.05, 0) is 13.0 Å². The number of carbonyl (C=O) groups excluding carboxylic acids is 1. The minimum atomic E-state index is -4.65. The van der Waals surface area contributed by atoms with E-state index in [4.69, 9.17) is 11.6 Å². The first-order valence-corrected chi connectivity index (χ1v) is 8.14. The van der Waals surface area contributed by atoms with Gasteiger partial charge in [-0.2, -0.15) is 13.2 Å². The molecule has 1 heterocycles. The average Bonchev–Trinajstić information content (AvgIpc) is 2.90. The van der Waals surface area contributed by atoms with Crippen LogP contribution in [0.3, 0.4) is 0 Å². The van der Waals surface area contributed by atoms with Gasteiger partial charge in [-0.15, -0.1) is 10.2 Å². The zero-order valence-corrected chi connectivity index (χ0v) is 14.8. The Morgan fingerprint density at radius 3 is 2.58 bits per heavy atom. The van der Waals surface area contributed by atoms with Gasteiger partial charge in [0, 0.05) is 19.2 Å². The second kappa shape index (κ2) is 7.50. The van der Waals surface area contributed by atoms with E-state index in [0.717, 1.165) is 35.5 Å². The summed E-state index contributed by atoms with van der Waals surface area (Å²) in [4.78, 5) is 22.2. The summed E-state index contributed by atoms with van der Waals surface area (Å²) in [6, 6.07) is 3.50. The number of hydrogen-bond donors (Lipinski definition) is 1. The number of nitrogens with zero attached hydrogens (tertiary/aromatic N) is 4. The molecule has 1 aromatic carbocycles. The molecule has 13 heteroatoms. The number of non-ortho nitro benzene ring substituents is 1. The summed E-state index contributed by atoms with van der Waals surface area (Å²) in [5, 5.41) is 18.7. The van der Waals surface area contributed by atoms with Gasteiger partial charge < -0.3 is 9.88 Å². The number of anilines is 1. The first-order chi connectivity index (χ1) is 12.0. The highest BCUT2D eigenvalue weighted by Crippen LogP contribution is 2.31. The number of halogens is 4. The molecule has 0 aliphatic carbocycles. The van der Waals surface area contributed by atoms with Crippen LogP contribution < -0.4 is 5.32 Å². The number of aromatic nitrogens is 3. The highest BCUT2D eigenvalue weighted by atomic mass is 35.5. The molecule has 0 saturated heterocycles. The van der Waals surface area contributed by atoms with E-state index in [1.165, 1.54) is 13.0 Å². The van der Waals surface area contributed by atoms with Crippen molar-refractivity contribution < 1.29 is 22.9 Å². The summed E-state index contributed by atoms with van der Waals surface area (Å²) in [6.45, 7) is 1.46. The van der Waals surface area contributed by atoms with Gasteiger partial charge in [0.25, 0.3) is 5.69 Å². The Morgan fingerprint density at radius 1 is 1.42 bits per heavy atom. The molecule has 1 aromatic heterocycles. The van der Waals surface area contributed by atoms with Crippen molar-refractivity contribution in [3.63, 3.8) is 0 Å². The summed E-state index contributed by atoms with van der Waals surface area (Å²) in [6.07, 6.45) is -4.65. The molecule has 0 spiro atoms. The van der Waals surface area contributed by atoms with E-state index in [1.807, 2.05) is 0 Å². The van der Waals surface area contributed by atoms with Crippen molar-refractivity contribution in [2.75, 3.05) is 5.32 Å². The van der Waals surface area contributed by atoms with Gasteiger partial charge in [-0.3, -0.25) is 14.9 Å². The lowest BCUT2D eigenvalue weighted by atomic mass is 10.2. The van der Waals surface area contributed by atoms with Gasteiger partial charge in [-0.25, -0.2) is 0 Å². The Hall–Kier alpha value is -2.34. The number of nitrogens with one attached hydrogen (secondary N) is 1. The number of thioether (sulfide) groups is 1. The molecule has 8 nitrogen and oxygen atoms in total. The Balaban J connectivity index is 2.09. The van der Waals surface area contributed by atoms with Crippen LogP contribution in [0.4, 0.5) is 24.5 Å². The minimum Gasteiger partial charge on any atom is -0.324 e. The van der Waals surface area contributed by atoms with Crippen LogP contribution in [0.5, 0.6) is 0 Å². The molecule has 0 bridgehead atoms. The molecule has 0 aliphatic heterocycles. The van der Waals surface area contributed by atoms with Crippen molar-refractivity contribution in [2.24, 2.45) is 7.05 Å². The van der Waals surface area contributed by atoms with Crippen molar-refractivity contribution in [2.45, 2.75) is 23.5 Å². The van der Waals surface area contributed by atoms with Gasteiger partial charge in [0.05, 0.1) is 20.9 Å². The summed E-state index contributed by atoms with van der Waals surface area (Å²) >= 11 is 6.66. The van der Waals surface area contributed by atoms with Crippen molar-refractivity contribution in [1.29, 1.82) is 0 Å². The molecule has 1 amide bonds. The smallest absolute Gasteiger partial charge is 0.324 e. The van der Waals surface area contributed by atoms with Gasteiger partial charge in [0.15, 0.2) is 5.16 Å². The number of hydrogen-bond acceptors (Lipinski definition) is 6. The second-order valence-electron chi connectivity index (χ2n) is 5.03. The van der Waals surface area contributed by atoms with E-state index in [9.17, 15) is 28.1 Å². The van der Waals surface area contributed by atoms with E-state index >= 15 is 0 Å². The number of benzene rings is 1. The third kappa shape index (κ3) is 4.43. The quantitative estimate of drug-likeness (QED) is 0.460. The second-order valence-corrected chi connectivity index (χ2v) is 6.75. The lowest BCUT2D eigenvalue weighted by molar-refractivity contribution is -0.384. The molecule has 0 unspecified atom stereocenters. The van der Waals surface area contributed by atoms with Crippen molar-refractivity contribution in [3.8, 4) is 0 Å². The zero-order chi connectivity index (χ0) is 19.6. The molecule has 0 saturated carbocycles. The van der Waals surface area contributed by atoms with Crippen molar-refractivity contribution in [3.05, 3.63) is 39.2 Å². The largest absolute Gasteiger partial charge is 0.451 e. The number of alkyl halides is 3. The van der Waals surface area contributed by atoms with E-state index in [0.29, 0.717) is 0 Å². The third-order valence-electron chi connectivity index (χ3n) is 3.16. The number of rotatable bonds is 5. The Kier molecular flexibility index (Phi) is 5.76. The van der Waals surface area contributed by atoms with Crippen molar-refractivity contribution in [1.82, 2.24) is 14.8 Å². The maximum absolute atomic E-state index is 12.7. The molecule has 0 aliphatic rings. The summed E-state index contributed by atoms with van der Waals surface area (Å²) in [5.74, 6) is -1.74. The fourth-order valence-electron chi connectivity index (χ4n) is 1.83. The van der Waals surface area contributed by atoms with Crippen LogP contribution in [-0.2, 0) is 18.0 Å². The molecule has 26 heavy (non-hydrogen) atoms. The van der Waals surface area contributed by atoms with E-state index in [2.05, 4.69) is 15.5 Å².